The van der Waals surface area contributed by atoms with Crippen molar-refractivity contribution in [2.75, 3.05) is 0 Å². The monoisotopic (exact) mass is 334 g/mol. The third-order valence-electron chi connectivity index (χ3n) is 5.81. The fraction of sp³-hybridized carbons (Fsp3) is 0.833. The summed E-state index contributed by atoms with van der Waals surface area (Å²) in [4.78, 5) is 0. The van der Waals surface area contributed by atoms with Crippen LogP contribution < -0.4 is 0 Å². The van der Waals surface area contributed by atoms with Crippen molar-refractivity contribution in [3.63, 3.8) is 0 Å². The second kappa shape index (κ2) is 16.0. The van der Waals surface area contributed by atoms with Crippen LogP contribution in [0, 0.1) is 5.92 Å². The van der Waals surface area contributed by atoms with Gasteiger partial charge in [0.15, 0.2) is 0 Å². The minimum absolute atomic E-state index is 0.778. The zero-order valence-corrected chi connectivity index (χ0v) is 17.8. The molecule has 0 saturated carbocycles. The molecule has 142 valence electrons. The highest BCUT2D eigenvalue weighted by Crippen LogP contribution is 2.21. The van der Waals surface area contributed by atoms with Crippen LogP contribution in [0.15, 0.2) is 22.8 Å². The largest absolute Gasteiger partial charge is 0.0885 e. The summed E-state index contributed by atoms with van der Waals surface area (Å²) in [6, 6.07) is 0. The summed E-state index contributed by atoms with van der Waals surface area (Å²) in [6.45, 7) is 13.8. The van der Waals surface area contributed by atoms with E-state index in [4.69, 9.17) is 0 Å². The Morgan fingerprint density at radius 1 is 0.708 bits per heavy atom. The highest BCUT2D eigenvalue weighted by molar-refractivity contribution is 5.09. The molecule has 0 saturated heterocycles. The van der Waals surface area contributed by atoms with E-state index in [0.29, 0.717) is 0 Å². The molecule has 0 bridgehead atoms. The quantitative estimate of drug-likeness (QED) is 0.207. The van der Waals surface area contributed by atoms with Gasteiger partial charge in [-0.2, -0.15) is 0 Å². The summed E-state index contributed by atoms with van der Waals surface area (Å²) in [6.07, 6.45) is 20.3. The molecule has 0 aliphatic carbocycles. The van der Waals surface area contributed by atoms with E-state index in [0.717, 1.165) is 5.92 Å². The molecule has 1 unspecified atom stereocenters. The first-order chi connectivity index (χ1) is 11.5. The maximum atomic E-state index is 2.37. The van der Waals surface area contributed by atoms with Crippen molar-refractivity contribution in [2.24, 2.45) is 5.92 Å². The van der Waals surface area contributed by atoms with Gasteiger partial charge >= 0.3 is 0 Å². The maximum absolute atomic E-state index is 2.37. The van der Waals surface area contributed by atoms with E-state index in [2.05, 4.69) is 47.6 Å². The summed E-state index contributed by atoms with van der Waals surface area (Å²) >= 11 is 0. The fourth-order valence-corrected chi connectivity index (χ4v) is 3.30. The second-order valence-corrected chi connectivity index (χ2v) is 7.97. The molecule has 0 nitrogen and oxygen atoms in total. The van der Waals surface area contributed by atoms with Gasteiger partial charge in [0.2, 0.25) is 0 Å². The van der Waals surface area contributed by atoms with Gasteiger partial charge in [-0.3, -0.25) is 0 Å². The lowest BCUT2D eigenvalue weighted by Gasteiger charge is -2.11. The van der Waals surface area contributed by atoms with Crippen molar-refractivity contribution < 1.29 is 0 Å². The van der Waals surface area contributed by atoms with Gasteiger partial charge in [0.05, 0.1) is 0 Å². The number of hydrogen-bond donors (Lipinski definition) is 0. The molecular formula is C24H46. The van der Waals surface area contributed by atoms with Crippen LogP contribution in [0.3, 0.4) is 0 Å². The van der Waals surface area contributed by atoms with Crippen LogP contribution in [-0.2, 0) is 0 Å². The summed E-state index contributed by atoms with van der Waals surface area (Å²) in [5.74, 6) is 0.778. The topological polar surface area (TPSA) is 0 Å². The van der Waals surface area contributed by atoms with E-state index in [1.165, 1.54) is 83.5 Å². The Kier molecular flexibility index (Phi) is 15.6. The predicted molar refractivity (Wildman–Crippen MR) is 113 cm³/mol. The van der Waals surface area contributed by atoms with Gasteiger partial charge in [0.25, 0.3) is 0 Å². The second-order valence-electron chi connectivity index (χ2n) is 7.97. The zero-order valence-electron chi connectivity index (χ0n) is 17.8. The zero-order chi connectivity index (χ0) is 18.2. The van der Waals surface area contributed by atoms with Crippen LogP contribution in [0.1, 0.15) is 125 Å². The highest BCUT2D eigenvalue weighted by Gasteiger charge is 2.03. The number of allylic oxidation sites excluding steroid dienone is 4. The summed E-state index contributed by atoms with van der Waals surface area (Å²) in [7, 11) is 0. The first-order valence-electron chi connectivity index (χ1n) is 10.8. The molecule has 0 heterocycles. The van der Waals surface area contributed by atoms with E-state index < -0.39 is 0 Å². The maximum Gasteiger partial charge on any atom is -0.0235 e. The molecule has 0 fully saturated rings. The molecule has 0 aromatic rings. The Morgan fingerprint density at radius 2 is 1.17 bits per heavy atom. The standard InChI is InChI=1S/C24H46/c1-7-9-10-12-15-19-23(5)24(6)20-17-14-11-13-16-18-22(4)21(3)8-2/h8,22H,7,9-20H2,1-6H3. The molecule has 0 N–H and O–H groups in total. The van der Waals surface area contributed by atoms with Gasteiger partial charge < -0.3 is 0 Å². The molecule has 0 aromatic heterocycles. The van der Waals surface area contributed by atoms with Gasteiger partial charge in [-0.15, -0.1) is 0 Å². The third kappa shape index (κ3) is 12.8. The molecule has 0 spiro atoms. The van der Waals surface area contributed by atoms with E-state index in [1.54, 1.807) is 16.7 Å². The van der Waals surface area contributed by atoms with Crippen molar-refractivity contribution >= 4 is 0 Å². The normalized spacial score (nSPS) is 14.7. The van der Waals surface area contributed by atoms with Crippen LogP contribution >= 0.6 is 0 Å². The number of hydrogen-bond acceptors (Lipinski definition) is 0. The van der Waals surface area contributed by atoms with Gasteiger partial charge in [-0.25, -0.2) is 0 Å². The highest BCUT2D eigenvalue weighted by atomic mass is 14.1. The average Bonchev–Trinajstić information content (AvgIpc) is 2.59. The van der Waals surface area contributed by atoms with E-state index in [-0.39, 0.29) is 0 Å². The predicted octanol–water partition coefficient (Wildman–Crippen LogP) is 9.02. The van der Waals surface area contributed by atoms with Gasteiger partial charge in [0.1, 0.15) is 0 Å². The SMILES string of the molecule is CC=C(C)C(C)CCCCCCCC(C)=C(C)CCCCCCC. The van der Waals surface area contributed by atoms with Crippen molar-refractivity contribution in [2.45, 2.75) is 125 Å². The third-order valence-corrected chi connectivity index (χ3v) is 5.81. The molecule has 1 atom stereocenters. The smallest absolute Gasteiger partial charge is 0.0235 e. The van der Waals surface area contributed by atoms with E-state index >= 15 is 0 Å². The summed E-state index contributed by atoms with van der Waals surface area (Å²) in [5, 5.41) is 0. The Balaban J connectivity index is 3.62. The lowest BCUT2D eigenvalue weighted by Crippen LogP contribution is -1.96. The molecule has 24 heavy (non-hydrogen) atoms. The molecule has 0 radical (unpaired) electrons. The molecule has 0 amide bonds. The van der Waals surface area contributed by atoms with Gasteiger partial charge in [-0.05, 0) is 65.7 Å². The molecule has 0 aliphatic rings. The molecular weight excluding hydrogens is 288 g/mol. The van der Waals surface area contributed by atoms with Crippen molar-refractivity contribution in [3.8, 4) is 0 Å². The number of unbranched alkanes of at least 4 members (excludes halogenated alkanes) is 8. The van der Waals surface area contributed by atoms with E-state index in [9.17, 15) is 0 Å². The van der Waals surface area contributed by atoms with Gasteiger partial charge in [-0.1, -0.05) is 88.0 Å². The summed E-state index contributed by atoms with van der Waals surface area (Å²) in [5.41, 5.74) is 4.89. The first kappa shape index (κ1) is 23.5. The van der Waals surface area contributed by atoms with Crippen LogP contribution in [0.4, 0.5) is 0 Å². The Labute approximate surface area is 154 Å². The Morgan fingerprint density at radius 3 is 1.67 bits per heavy atom. The van der Waals surface area contributed by atoms with Crippen molar-refractivity contribution in [1.29, 1.82) is 0 Å². The first-order valence-corrected chi connectivity index (χ1v) is 10.8. The van der Waals surface area contributed by atoms with Gasteiger partial charge in [0, 0.05) is 0 Å². The van der Waals surface area contributed by atoms with Crippen LogP contribution in [0.5, 0.6) is 0 Å². The minimum Gasteiger partial charge on any atom is -0.0885 e. The van der Waals surface area contributed by atoms with E-state index in [1.807, 2.05) is 0 Å². The molecule has 0 heteroatoms. The number of rotatable bonds is 15. The van der Waals surface area contributed by atoms with Crippen molar-refractivity contribution in [1.82, 2.24) is 0 Å². The average molecular weight is 335 g/mol. The molecule has 0 aromatic carbocycles. The van der Waals surface area contributed by atoms with Crippen LogP contribution in [-0.4, -0.2) is 0 Å². The minimum atomic E-state index is 0.778. The molecule has 0 aliphatic heterocycles. The summed E-state index contributed by atoms with van der Waals surface area (Å²) < 4.78 is 0. The van der Waals surface area contributed by atoms with Crippen LogP contribution in [0.25, 0.3) is 0 Å². The van der Waals surface area contributed by atoms with Crippen molar-refractivity contribution in [3.05, 3.63) is 22.8 Å². The lowest BCUT2D eigenvalue weighted by molar-refractivity contribution is 0.529. The Hall–Kier alpha value is -0.520. The van der Waals surface area contributed by atoms with Crippen LogP contribution in [0.2, 0.25) is 0 Å². The molecule has 0 rings (SSSR count). The fourth-order valence-electron chi connectivity index (χ4n) is 3.30. The Bertz CT molecular complexity index is 345. The lowest BCUT2D eigenvalue weighted by atomic mass is 9.95.